The molecular formula is C12H20N4O4. The first kappa shape index (κ1) is 15.9. The van der Waals surface area contributed by atoms with Gasteiger partial charge in [-0.2, -0.15) is 5.10 Å². The monoisotopic (exact) mass is 284 g/mol. The fourth-order valence-electron chi connectivity index (χ4n) is 1.98. The third-order valence-corrected chi connectivity index (χ3v) is 2.96. The Morgan fingerprint density at radius 3 is 2.55 bits per heavy atom. The van der Waals surface area contributed by atoms with E-state index in [4.69, 9.17) is 5.11 Å². The highest BCUT2D eigenvalue weighted by Gasteiger charge is 2.31. The summed E-state index contributed by atoms with van der Waals surface area (Å²) < 4.78 is 1.33. The van der Waals surface area contributed by atoms with Crippen LogP contribution in [0.15, 0.2) is 0 Å². The van der Waals surface area contributed by atoms with E-state index in [-0.39, 0.29) is 17.4 Å². The second kappa shape index (κ2) is 6.36. The predicted octanol–water partition coefficient (Wildman–Crippen LogP) is 2.12. The summed E-state index contributed by atoms with van der Waals surface area (Å²) in [5.41, 5.74) is 0.200. The van der Waals surface area contributed by atoms with Gasteiger partial charge in [-0.25, -0.2) is 9.48 Å². The molecule has 20 heavy (non-hydrogen) atoms. The molecule has 112 valence electrons. The van der Waals surface area contributed by atoms with Crippen LogP contribution in [0.5, 0.6) is 0 Å². The van der Waals surface area contributed by atoms with Crippen LogP contribution < -0.4 is 5.32 Å². The Morgan fingerprint density at radius 1 is 1.55 bits per heavy atom. The van der Waals surface area contributed by atoms with Crippen LogP contribution >= 0.6 is 0 Å². The first-order valence-corrected chi connectivity index (χ1v) is 6.50. The Hall–Kier alpha value is -2.12. The molecule has 8 heteroatoms. The summed E-state index contributed by atoms with van der Waals surface area (Å²) in [7, 11) is 1.56. The third-order valence-electron chi connectivity index (χ3n) is 2.96. The van der Waals surface area contributed by atoms with E-state index < -0.39 is 16.9 Å². The SMILES string of the molecule is CCCC(Nc1c([N+](=O)[O-])c(C(C)C)nn1C)C(=O)O. The molecule has 1 heterocycles. The molecule has 0 bridgehead atoms. The van der Waals surface area contributed by atoms with Crippen molar-refractivity contribution in [2.24, 2.45) is 7.05 Å². The van der Waals surface area contributed by atoms with Crippen LogP contribution in [0.25, 0.3) is 0 Å². The number of nitro groups is 1. The summed E-state index contributed by atoms with van der Waals surface area (Å²) in [6.07, 6.45) is 1.04. The second-order valence-electron chi connectivity index (χ2n) is 4.94. The van der Waals surface area contributed by atoms with Crippen molar-refractivity contribution >= 4 is 17.5 Å². The van der Waals surface area contributed by atoms with Gasteiger partial charge in [-0.15, -0.1) is 0 Å². The van der Waals surface area contributed by atoms with Gasteiger partial charge in [-0.1, -0.05) is 27.2 Å². The van der Waals surface area contributed by atoms with Crippen molar-refractivity contribution in [1.82, 2.24) is 9.78 Å². The average Bonchev–Trinajstić information content (AvgIpc) is 2.66. The number of nitrogens with one attached hydrogen (secondary N) is 1. The molecule has 0 amide bonds. The summed E-state index contributed by atoms with van der Waals surface area (Å²) >= 11 is 0. The molecule has 1 aromatic rings. The molecular weight excluding hydrogens is 264 g/mol. The van der Waals surface area contributed by atoms with Crippen LogP contribution in [0.3, 0.4) is 0 Å². The first-order chi connectivity index (χ1) is 9.29. The van der Waals surface area contributed by atoms with Gasteiger partial charge < -0.3 is 10.4 Å². The number of aliphatic carboxylic acids is 1. The standard InChI is InChI=1S/C12H20N4O4/c1-5-6-8(12(17)18)13-11-10(16(19)20)9(7(2)3)14-15(11)4/h7-8,13H,5-6H2,1-4H3,(H,17,18). The number of aromatic nitrogens is 2. The Kier molecular flexibility index (Phi) is 5.06. The molecule has 8 nitrogen and oxygen atoms in total. The van der Waals surface area contributed by atoms with Crippen LogP contribution in [0, 0.1) is 10.1 Å². The number of carboxylic acid groups (broad SMARTS) is 1. The lowest BCUT2D eigenvalue weighted by Crippen LogP contribution is -2.30. The Morgan fingerprint density at radius 2 is 2.15 bits per heavy atom. The van der Waals surface area contributed by atoms with E-state index in [1.54, 1.807) is 20.9 Å². The number of carbonyl (C=O) groups is 1. The second-order valence-corrected chi connectivity index (χ2v) is 4.94. The summed E-state index contributed by atoms with van der Waals surface area (Å²) in [4.78, 5) is 21.9. The van der Waals surface area contributed by atoms with Gasteiger partial charge in [0.25, 0.3) is 0 Å². The van der Waals surface area contributed by atoms with Crippen molar-refractivity contribution in [2.75, 3.05) is 5.32 Å². The molecule has 0 spiro atoms. The lowest BCUT2D eigenvalue weighted by Gasteiger charge is -2.14. The van der Waals surface area contributed by atoms with Crippen molar-refractivity contribution in [3.8, 4) is 0 Å². The molecule has 0 radical (unpaired) electrons. The fraction of sp³-hybridized carbons (Fsp3) is 0.667. The van der Waals surface area contributed by atoms with Gasteiger partial charge in [0.1, 0.15) is 11.7 Å². The van der Waals surface area contributed by atoms with Gasteiger partial charge in [0.15, 0.2) is 0 Å². The van der Waals surface area contributed by atoms with Crippen LogP contribution in [-0.4, -0.2) is 31.8 Å². The Balaban J connectivity index is 3.23. The van der Waals surface area contributed by atoms with Gasteiger partial charge in [0, 0.05) is 13.0 Å². The maximum Gasteiger partial charge on any atom is 0.334 e. The molecule has 0 aliphatic rings. The molecule has 1 rings (SSSR count). The van der Waals surface area contributed by atoms with E-state index >= 15 is 0 Å². The largest absolute Gasteiger partial charge is 0.480 e. The normalized spacial score (nSPS) is 12.4. The molecule has 0 aliphatic heterocycles. The van der Waals surface area contributed by atoms with E-state index in [2.05, 4.69) is 10.4 Å². The van der Waals surface area contributed by atoms with Crippen LogP contribution in [0.1, 0.15) is 45.2 Å². The fourth-order valence-corrected chi connectivity index (χ4v) is 1.98. The highest BCUT2D eigenvalue weighted by Crippen LogP contribution is 2.33. The topological polar surface area (TPSA) is 110 Å². The van der Waals surface area contributed by atoms with Crippen LogP contribution in [0.4, 0.5) is 11.5 Å². The third kappa shape index (κ3) is 3.25. The van der Waals surface area contributed by atoms with E-state index in [9.17, 15) is 14.9 Å². The molecule has 0 aliphatic carbocycles. The van der Waals surface area contributed by atoms with Crippen LogP contribution in [0.2, 0.25) is 0 Å². The van der Waals surface area contributed by atoms with Gasteiger partial charge in [-0.05, 0) is 6.42 Å². The zero-order chi connectivity index (χ0) is 15.4. The number of nitrogens with zero attached hydrogens (tertiary/aromatic N) is 3. The molecule has 0 saturated heterocycles. The maximum atomic E-state index is 11.2. The quantitative estimate of drug-likeness (QED) is 0.586. The summed E-state index contributed by atoms with van der Waals surface area (Å²) in [5.74, 6) is -1.01. The number of rotatable bonds is 7. The van der Waals surface area contributed by atoms with Crippen molar-refractivity contribution in [3.63, 3.8) is 0 Å². The summed E-state index contributed by atoms with van der Waals surface area (Å²) in [6.45, 7) is 5.47. The van der Waals surface area contributed by atoms with Crippen LogP contribution in [-0.2, 0) is 11.8 Å². The molecule has 1 aromatic heterocycles. The molecule has 0 aromatic carbocycles. The number of hydrogen-bond acceptors (Lipinski definition) is 5. The number of carboxylic acids is 1. The highest BCUT2D eigenvalue weighted by molar-refractivity contribution is 5.78. The van der Waals surface area contributed by atoms with Gasteiger partial charge in [0.05, 0.1) is 4.92 Å². The van der Waals surface area contributed by atoms with E-state index in [0.717, 1.165) is 0 Å². The Labute approximate surface area is 116 Å². The van der Waals surface area contributed by atoms with E-state index in [1.165, 1.54) is 4.68 Å². The van der Waals surface area contributed by atoms with Crippen molar-refractivity contribution in [2.45, 2.75) is 45.6 Å². The Bertz CT molecular complexity index is 510. The van der Waals surface area contributed by atoms with Crippen molar-refractivity contribution in [1.29, 1.82) is 0 Å². The predicted molar refractivity (Wildman–Crippen MR) is 73.9 cm³/mol. The number of anilines is 1. The summed E-state index contributed by atoms with van der Waals surface area (Å²) in [5, 5.41) is 27.2. The zero-order valence-electron chi connectivity index (χ0n) is 12.1. The minimum Gasteiger partial charge on any atom is -0.480 e. The highest BCUT2D eigenvalue weighted by atomic mass is 16.6. The lowest BCUT2D eigenvalue weighted by atomic mass is 10.1. The van der Waals surface area contributed by atoms with E-state index in [1.807, 2.05) is 6.92 Å². The molecule has 0 fully saturated rings. The van der Waals surface area contributed by atoms with E-state index in [0.29, 0.717) is 18.5 Å². The van der Waals surface area contributed by atoms with Crippen molar-refractivity contribution < 1.29 is 14.8 Å². The maximum absolute atomic E-state index is 11.2. The molecule has 1 atom stereocenters. The molecule has 0 saturated carbocycles. The summed E-state index contributed by atoms with van der Waals surface area (Å²) in [6, 6.07) is -0.867. The minimum absolute atomic E-state index is 0.119. The van der Waals surface area contributed by atoms with Gasteiger partial charge in [-0.3, -0.25) is 10.1 Å². The molecule has 1 unspecified atom stereocenters. The smallest absolute Gasteiger partial charge is 0.334 e. The average molecular weight is 284 g/mol. The number of hydrogen-bond donors (Lipinski definition) is 2. The van der Waals surface area contributed by atoms with Crippen molar-refractivity contribution in [3.05, 3.63) is 15.8 Å². The van der Waals surface area contributed by atoms with Gasteiger partial charge in [0.2, 0.25) is 5.82 Å². The molecule has 2 N–H and O–H groups in total. The zero-order valence-corrected chi connectivity index (χ0v) is 12.1. The minimum atomic E-state index is -1.03. The first-order valence-electron chi connectivity index (χ1n) is 6.50. The lowest BCUT2D eigenvalue weighted by molar-refractivity contribution is -0.384. The van der Waals surface area contributed by atoms with Gasteiger partial charge >= 0.3 is 11.7 Å². The number of aryl methyl sites for hydroxylation is 1.